The number of ether oxygens (including phenoxy) is 2. The molecule has 0 aliphatic heterocycles. The maximum atomic E-state index is 12.2. The smallest absolute Gasteiger partial charge is 0.328 e. The number of rotatable bonds is 7. The lowest BCUT2D eigenvalue weighted by atomic mass is 10.1. The maximum absolute atomic E-state index is 12.2. The molecule has 0 bridgehead atoms. The number of carbonyl (C=O) groups is 1. The molecule has 0 unspecified atom stereocenters. The van der Waals surface area contributed by atoms with E-state index in [9.17, 15) is 14.4 Å². The number of hydrogen-bond donors (Lipinski definition) is 2. The molecule has 0 amide bonds. The second-order valence-corrected chi connectivity index (χ2v) is 5.09. The Hall–Kier alpha value is -3.03. The van der Waals surface area contributed by atoms with E-state index in [1.54, 1.807) is 12.1 Å². The normalized spacial score (nSPS) is 10.4. The molecular formula is C16H18N2O6. The summed E-state index contributed by atoms with van der Waals surface area (Å²) in [4.78, 5) is 37.2. The van der Waals surface area contributed by atoms with Crippen molar-refractivity contribution in [2.24, 2.45) is 0 Å². The van der Waals surface area contributed by atoms with Crippen LogP contribution in [0.5, 0.6) is 11.5 Å². The van der Waals surface area contributed by atoms with Gasteiger partial charge in [-0.1, -0.05) is 6.07 Å². The van der Waals surface area contributed by atoms with Crippen LogP contribution in [0.15, 0.2) is 34.0 Å². The third-order valence-electron chi connectivity index (χ3n) is 3.55. The zero-order valence-corrected chi connectivity index (χ0v) is 13.4. The van der Waals surface area contributed by atoms with Crippen molar-refractivity contribution in [3.8, 4) is 11.5 Å². The maximum Gasteiger partial charge on any atom is 0.328 e. The number of methoxy groups -OCH3 is 2. The first-order valence-electron chi connectivity index (χ1n) is 7.20. The van der Waals surface area contributed by atoms with Gasteiger partial charge < -0.3 is 19.6 Å². The quantitative estimate of drug-likeness (QED) is 0.759. The minimum atomic E-state index is -1.13. The number of carboxylic acid groups (broad SMARTS) is 1. The summed E-state index contributed by atoms with van der Waals surface area (Å²) >= 11 is 0. The summed E-state index contributed by atoms with van der Waals surface area (Å²) in [7, 11) is 3.05. The van der Waals surface area contributed by atoms with E-state index in [0.29, 0.717) is 17.9 Å². The minimum absolute atomic E-state index is 0.0365. The third kappa shape index (κ3) is 3.83. The molecule has 0 fully saturated rings. The zero-order chi connectivity index (χ0) is 17.7. The number of aliphatic carboxylic acids is 1. The second kappa shape index (κ2) is 7.49. The van der Waals surface area contributed by atoms with Gasteiger partial charge in [0.1, 0.15) is 0 Å². The van der Waals surface area contributed by atoms with Crippen molar-refractivity contribution >= 4 is 5.97 Å². The van der Waals surface area contributed by atoms with Gasteiger partial charge in [0.05, 0.1) is 20.6 Å². The van der Waals surface area contributed by atoms with E-state index in [4.69, 9.17) is 14.6 Å². The van der Waals surface area contributed by atoms with Gasteiger partial charge in [-0.2, -0.15) is 0 Å². The Morgan fingerprint density at radius 1 is 1.21 bits per heavy atom. The number of nitrogens with zero attached hydrogens (tertiary/aromatic N) is 1. The largest absolute Gasteiger partial charge is 0.493 e. The molecule has 24 heavy (non-hydrogen) atoms. The molecular weight excluding hydrogens is 316 g/mol. The molecule has 0 atom stereocenters. The van der Waals surface area contributed by atoms with E-state index in [0.717, 1.165) is 16.3 Å². The highest BCUT2D eigenvalue weighted by Crippen LogP contribution is 2.27. The van der Waals surface area contributed by atoms with Crippen LogP contribution in [0.3, 0.4) is 0 Å². The van der Waals surface area contributed by atoms with Crippen LogP contribution in [-0.2, 0) is 24.2 Å². The van der Waals surface area contributed by atoms with Crippen molar-refractivity contribution in [3.05, 3.63) is 56.4 Å². The fourth-order valence-electron chi connectivity index (χ4n) is 2.32. The molecule has 1 heterocycles. The van der Waals surface area contributed by atoms with E-state index in [-0.39, 0.29) is 12.1 Å². The van der Waals surface area contributed by atoms with Crippen LogP contribution >= 0.6 is 0 Å². The average Bonchev–Trinajstić information content (AvgIpc) is 2.56. The first-order chi connectivity index (χ1) is 11.5. The van der Waals surface area contributed by atoms with Gasteiger partial charge in [-0.15, -0.1) is 0 Å². The highest BCUT2D eigenvalue weighted by molar-refractivity contribution is 5.69. The van der Waals surface area contributed by atoms with Crippen LogP contribution in [0.25, 0.3) is 0 Å². The number of H-pyrrole nitrogens is 1. The van der Waals surface area contributed by atoms with Gasteiger partial charge in [0.25, 0.3) is 5.56 Å². The van der Waals surface area contributed by atoms with Crippen molar-refractivity contribution in [2.45, 2.75) is 19.4 Å². The van der Waals surface area contributed by atoms with Gasteiger partial charge in [0.15, 0.2) is 11.5 Å². The first-order valence-corrected chi connectivity index (χ1v) is 7.20. The molecule has 1 aromatic heterocycles. The van der Waals surface area contributed by atoms with Crippen LogP contribution in [0, 0.1) is 0 Å². The van der Waals surface area contributed by atoms with Crippen molar-refractivity contribution in [3.63, 3.8) is 0 Å². The minimum Gasteiger partial charge on any atom is -0.493 e. The number of benzene rings is 1. The molecule has 0 aliphatic carbocycles. The monoisotopic (exact) mass is 334 g/mol. The molecule has 2 N–H and O–H groups in total. The Morgan fingerprint density at radius 3 is 2.54 bits per heavy atom. The standard InChI is InChI=1S/C16H18N2O6/c1-23-12-4-3-10(7-13(12)24-2)5-6-18-15(21)11(8-14(19)20)9-17-16(18)22/h3-4,7,9H,5-6,8H2,1-2H3,(H,17,22)(H,19,20). The molecule has 2 rings (SSSR count). The Morgan fingerprint density at radius 2 is 1.92 bits per heavy atom. The Labute approximate surface area is 137 Å². The van der Waals surface area contributed by atoms with Crippen molar-refractivity contribution in [1.29, 1.82) is 0 Å². The molecule has 0 aliphatic rings. The number of carboxylic acids is 1. The molecule has 1 aromatic carbocycles. The van der Waals surface area contributed by atoms with Crippen LogP contribution in [0.4, 0.5) is 0 Å². The Kier molecular flexibility index (Phi) is 5.41. The predicted octanol–water partition coefficient (Wildman–Crippen LogP) is 0.424. The molecule has 0 radical (unpaired) electrons. The highest BCUT2D eigenvalue weighted by atomic mass is 16.5. The van der Waals surface area contributed by atoms with E-state index in [2.05, 4.69) is 4.98 Å². The lowest BCUT2D eigenvalue weighted by Gasteiger charge is -2.10. The summed E-state index contributed by atoms with van der Waals surface area (Å²) in [5, 5.41) is 8.80. The summed E-state index contributed by atoms with van der Waals surface area (Å²) in [6.07, 6.45) is 1.11. The molecule has 8 heteroatoms. The number of hydrogen-bond acceptors (Lipinski definition) is 5. The molecule has 128 valence electrons. The van der Waals surface area contributed by atoms with Crippen LogP contribution < -0.4 is 20.7 Å². The number of aromatic amines is 1. The molecule has 0 saturated carbocycles. The Balaban J connectivity index is 2.25. The summed E-state index contributed by atoms with van der Waals surface area (Å²) in [5.74, 6) is 0.00111. The third-order valence-corrected chi connectivity index (χ3v) is 3.55. The topological polar surface area (TPSA) is 111 Å². The number of aryl methyl sites for hydroxylation is 1. The van der Waals surface area contributed by atoms with E-state index < -0.39 is 23.6 Å². The van der Waals surface area contributed by atoms with Crippen LogP contribution in [0.2, 0.25) is 0 Å². The Bertz CT molecular complexity index is 852. The van der Waals surface area contributed by atoms with Crippen molar-refractivity contribution in [1.82, 2.24) is 9.55 Å². The van der Waals surface area contributed by atoms with Crippen LogP contribution in [-0.4, -0.2) is 34.8 Å². The fourth-order valence-corrected chi connectivity index (χ4v) is 2.32. The highest BCUT2D eigenvalue weighted by Gasteiger charge is 2.11. The van der Waals surface area contributed by atoms with Crippen LogP contribution in [0.1, 0.15) is 11.1 Å². The SMILES string of the molecule is COc1ccc(CCn2c(=O)[nH]cc(CC(=O)O)c2=O)cc1OC. The average molecular weight is 334 g/mol. The van der Waals surface area contributed by atoms with Gasteiger partial charge in [0, 0.05) is 18.3 Å². The summed E-state index contributed by atoms with van der Waals surface area (Å²) < 4.78 is 11.4. The van der Waals surface area contributed by atoms with Gasteiger partial charge in [-0.25, -0.2) is 4.79 Å². The second-order valence-electron chi connectivity index (χ2n) is 5.09. The summed E-state index contributed by atoms with van der Waals surface area (Å²) in [5.41, 5.74) is -0.284. The molecule has 0 saturated heterocycles. The number of aromatic nitrogens is 2. The molecule has 2 aromatic rings. The number of nitrogens with one attached hydrogen (secondary N) is 1. The van der Waals surface area contributed by atoms with Gasteiger partial charge >= 0.3 is 11.7 Å². The fraction of sp³-hybridized carbons (Fsp3) is 0.312. The summed E-state index contributed by atoms with van der Waals surface area (Å²) in [6, 6.07) is 5.31. The lowest BCUT2D eigenvalue weighted by molar-refractivity contribution is -0.136. The molecule has 0 spiro atoms. The van der Waals surface area contributed by atoms with Gasteiger partial charge in [-0.05, 0) is 24.1 Å². The predicted molar refractivity (Wildman–Crippen MR) is 85.9 cm³/mol. The van der Waals surface area contributed by atoms with Gasteiger partial charge in [0.2, 0.25) is 0 Å². The molecule has 8 nitrogen and oxygen atoms in total. The van der Waals surface area contributed by atoms with E-state index >= 15 is 0 Å². The van der Waals surface area contributed by atoms with Crippen molar-refractivity contribution in [2.75, 3.05) is 14.2 Å². The van der Waals surface area contributed by atoms with Crippen molar-refractivity contribution < 1.29 is 19.4 Å². The van der Waals surface area contributed by atoms with E-state index in [1.165, 1.54) is 14.2 Å². The van der Waals surface area contributed by atoms with E-state index in [1.807, 2.05) is 6.07 Å². The zero-order valence-electron chi connectivity index (χ0n) is 13.4. The van der Waals surface area contributed by atoms with Gasteiger partial charge in [-0.3, -0.25) is 14.2 Å². The lowest BCUT2D eigenvalue weighted by Crippen LogP contribution is -2.37. The summed E-state index contributed by atoms with van der Waals surface area (Å²) in [6.45, 7) is 0.122. The first kappa shape index (κ1) is 17.3.